The second kappa shape index (κ2) is 9.01. The van der Waals surface area contributed by atoms with Crippen LogP contribution in [-0.4, -0.2) is 4.82 Å². The fourth-order valence-corrected chi connectivity index (χ4v) is 6.21. The maximum atomic E-state index is 6.62. The molecular weight excluding hydrogens is 447 g/mol. The fraction of sp³-hybridized carbons (Fsp3) is 0.269. The quantitative estimate of drug-likeness (QED) is 0.412. The van der Waals surface area contributed by atoms with Gasteiger partial charge in [0.2, 0.25) is 0 Å². The molecule has 2 aliphatic carbocycles. The fourth-order valence-electron chi connectivity index (χ4n) is 4.01. The molecule has 0 N–H and O–H groups in total. The average Bonchev–Trinajstić information content (AvgIpc) is 3.01. The number of rotatable bonds is 3. The molecule has 0 amide bonds. The summed E-state index contributed by atoms with van der Waals surface area (Å²) in [5, 5.41) is 0. The van der Waals surface area contributed by atoms with E-state index in [2.05, 4.69) is 106 Å². The number of allylic oxidation sites excluding steroid dienone is 5. The first-order valence-electron chi connectivity index (χ1n) is 9.89. The van der Waals surface area contributed by atoms with Gasteiger partial charge in [0.05, 0.1) is 0 Å². The van der Waals surface area contributed by atoms with Crippen LogP contribution in [0.2, 0.25) is 3.72 Å². The van der Waals surface area contributed by atoms with E-state index < -0.39 is 17.8 Å². The van der Waals surface area contributed by atoms with Gasteiger partial charge in [0.15, 0.2) is 0 Å². The Bertz CT molecular complexity index is 1070. The number of halogens is 2. The summed E-state index contributed by atoms with van der Waals surface area (Å²) in [5.74, 6) is 0.969. The Morgan fingerprint density at radius 2 is 1.73 bits per heavy atom. The minimum absolute atomic E-state index is 0. The Labute approximate surface area is 199 Å². The molecular formula is C26H30Cl2OTi. The number of aryl methyl sites for hydroxylation is 1. The van der Waals surface area contributed by atoms with Crippen LogP contribution >= 0.6 is 24.8 Å². The van der Waals surface area contributed by atoms with Crippen LogP contribution in [0.5, 0.6) is 5.75 Å². The summed E-state index contributed by atoms with van der Waals surface area (Å²) >= 11 is -2.20. The first-order chi connectivity index (χ1) is 13.2. The maximum absolute atomic E-state index is 6.62. The zero-order valence-corrected chi connectivity index (χ0v) is 21.5. The second-order valence-electron chi connectivity index (χ2n) is 9.10. The van der Waals surface area contributed by atoms with Crippen LogP contribution in [0.4, 0.5) is 0 Å². The van der Waals surface area contributed by atoms with E-state index in [1.165, 1.54) is 33.4 Å². The molecule has 0 aromatic heterocycles. The van der Waals surface area contributed by atoms with E-state index in [-0.39, 0.29) is 33.9 Å². The zero-order valence-electron chi connectivity index (χ0n) is 18.3. The predicted molar refractivity (Wildman–Crippen MR) is 132 cm³/mol. The standard InChI is InChI=1S/C14H11.C11H16O.CH2.2ClH.Ti/c1-10-5-4-8-13-12-7-3-2-6-11(12)9-14(10)13;1-8-5-9(11(2,3)4)7-10(12)6-8;;;;/h2-9H,1H3;5-7,12H,1-4H3;1H2;2*1H;/q;;;;;+1/p-1. The molecule has 0 saturated heterocycles. The molecule has 2 aliphatic rings. The summed E-state index contributed by atoms with van der Waals surface area (Å²) in [6.45, 7) is 11.2. The normalized spacial score (nSPS) is 18.8. The van der Waals surface area contributed by atoms with Gasteiger partial charge in [0, 0.05) is 0 Å². The van der Waals surface area contributed by atoms with Crippen molar-refractivity contribution < 1.29 is 21.1 Å². The van der Waals surface area contributed by atoms with Gasteiger partial charge in [0.1, 0.15) is 0 Å². The van der Waals surface area contributed by atoms with Crippen LogP contribution in [-0.2, 0) is 23.2 Å². The van der Waals surface area contributed by atoms with Gasteiger partial charge in [-0.3, -0.25) is 0 Å². The molecule has 2 aromatic carbocycles. The third-order valence-corrected chi connectivity index (χ3v) is 9.07. The van der Waals surface area contributed by atoms with E-state index in [4.69, 9.17) is 3.32 Å². The summed E-state index contributed by atoms with van der Waals surface area (Å²) in [7, 11) is 0. The summed E-state index contributed by atoms with van der Waals surface area (Å²) in [6, 6.07) is 15.2. The molecule has 0 radical (unpaired) electrons. The molecule has 30 heavy (non-hydrogen) atoms. The van der Waals surface area contributed by atoms with Crippen LogP contribution in [0.25, 0.3) is 11.6 Å². The van der Waals surface area contributed by atoms with Crippen molar-refractivity contribution in [2.45, 2.75) is 43.8 Å². The van der Waals surface area contributed by atoms with E-state index in [1.54, 1.807) is 0 Å². The van der Waals surface area contributed by atoms with Crippen LogP contribution in [0.3, 0.4) is 0 Å². The molecule has 0 heterocycles. The topological polar surface area (TPSA) is 9.23 Å². The van der Waals surface area contributed by atoms with Crippen LogP contribution in [0.1, 0.15) is 49.9 Å². The van der Waals surface area contributed by atoms with Gasteiger partial charge in [0.25, 0.3) is 0 Å². The molecule has 1 unspecified atom stereocenters. The van der Waals surface area contributed by atoms with Crippen molar-refractivity contribution >= 4 is 41.3 Å². The molecule has 4 rings (SSSR count). The Balaban J connectivity index is 0.00000160. The molecule has 0 spiro atoms. The summed E-state index contributed by atoms with van der Waals surface area (Å²) < 4.78 is 6.50. The first-order valence-corrected chi connectivity index (χ1v) is 12.4. The third-order valence-electron chi connectivity index (χ3n) is 5.83. The van der Waals surface area contributed by atoms with Crippen molar-refractivity contribution in [3.8, 4) is 5.75 Å². The summed E-state index contributed by atoms with van der Waals surface area (Å²) in [4.78, 5) is 4.60. The molecule has 158 valence electrons. The molecule has 0 bridgehead atoms. The van der Waals surface area contributed by atoms with Crippen molar-refractivity contribution in [3.63, 3.8) is 0 Å². The van der Waals surface area contributed by atoms with E-state index in [9.17, 15) is 0 Å². The Morgan fingerprint density at radius 1 is 1.03 bits per heavy atom. The third kappa shape index (κ3) is 4.46. The summed E-state index contributed by atoms with van der Waals surface area (Å²) in [5.41, 5.74) is 7.98. The molecule has 2 aromatic rings. The number of benzene rings is 2. The van der Waals surface area contributed by atoms with Crippen molar-refractivity contribution in [1.29, 1.82) is 0 Å². The molecule has 1 atom stereocenters. The Hall–Kier alpha value is -1.38. The van der Waals surface area contributed by atoms with Crippen LogP contribution < -0.4 is 3.32 Å². The molecule has 4 heteroatoms. The van der Waals surface area contributed by atoms with Crippen molar-refractivity contribution in [1.82, 2.24) is 0 Å². The second-order valence-corrected chi connectivity index (χ2v) is 12.4. The molecule has 1 nitrogen and oxygen atoms in total. The van der Waals surface area contributed by atoms with Gasteiger partial charge < -0.3 is 0 Å². The minimum atomic E-state index is -2.20. The summed E-state index contributed by atoms with van der Waals surface area (Å²) in [6.07, 6.45) is 9.06. The monoisotopic (exact) mass is 476 g/mol. The average molecular weight is 477 g/mol. The Kier molecular flexibility index (Phi) is 7.47. The number of fused-ring (bicyclic) bond motifs is 3. The molecule has 0 fully saturated rings. The van der Waals surface area contributed by atoms with Gasteiger partial charge in [-0.05, 0) is 0 Å². The van der Waals surface area contributed by atoms with E-state index in [1.807, 2.05) is 0 Å². The van der Waals surface area contributed by atoms with E-state index in [0.717, 1.165) is 5.75 Å². The van der Waals surface area contributed by atoms with Crippen molar-refractivity contribution in [2.24, 2.45) is 0 Å². The predicted octanol–water partition coefficient (Wildman–Crippen LogP) is 7.71. The van der Waals surface area contributed by atoms with E-state index >= 15 is 0 Å². The van der Waals surface area contributed by atoms with Crippen LogP contribution in [0, 0.1) is 6.92 Å². The van der Waals surface area contributed by atoms with Crippen molar-refractivity contribution in [2.75, 3.05) is 0 Å². The van der Waals surface area contributed by atoms with Crippen LogP contribution in [0.15, 0.2) is 66.3 Å². The number of hydrogen-bond acceptors (Lipinski definition) is 1. The first kappa shape index (κ1) is 24.9. The number of hydrogen-bond donors (Lipinski definition) is 0. The zero-order chi connectivity index (χ0) is 20.1. The van der Waals surface area contributed by atoms with Gasteiger partial charge >= 0.3 is 176 Å². The van der Waals surface area contributed by atoms with Crippen molar-refractivity contribution in [3.05, 3.63) is 88.5 Å². The van der Waals surface area contributed by atoms with Gasteiger partial charge in [-0.2, -0.15) is 0 Å². The van der Waals surface area contributed by atoms with E-state index in [0.29, 0.717) is 0 Å². The van der Waals surface area contributed by atoms with Gasteiger partial charge in [-0.1, -0.05) is 0 Å². The van der Waals surface area contributed by atoms with Gasteiger partial charge in [-0.25, -0.2) is 0 Å². The Morgan fingerprint density at radius 3 is 2.43 bits per heavy atom. The molecule has 0 saturated carbocycles. The molecule has 0 aliphatic heterocycles. The van der Waals surface area contributed by atoms with Gasteiger partial charge in [-0.15, -0.1) is 24.8 Å². The SMILES string of the molecule is Cl.Cl.[CH2]=[Ti]([O]c1cc(C)cc(C(C)(C)C)c1)[C]1(C)C=CC=C2C1=Cc1ccccc12.